The molecule has 0 saturated carbocycles. The Morgan fingerprint density at radius 3 is 2.38 bits per heavy atom. The standard InChI is InChI=1S/C22H26N2O2/c1-4-10-22(26)24(18-11-6-5-7-12-18)21-15-16(2)23(17(3)25)20-14-9-8-13-19(20)21/h5-9,11-14,16,21H,4,10,15H2,1-3H3/t16-,21+/m0/s1. The molecule has 3 rings (SSSR count). The van der Waals surface area contributed by atoms with Crippen molar-refractivity contribution >= 4 is 23.2 Å². The number of fused-ring (bicyclic) bond motifs is 1. The van der Waals surface area contributed by atoms with Gasteiger partial charge in [-0.25, -0.2) is 0 Å². The fourth-order valence-electron chi connectivity index (χ4n) is 3.93. The summed E-state index contributed by atoms with van der Waals surface area (Å²) in [5.41, 5.74) is 2.86. The van der Waals surface area contributed by atoms with Crippen molar-refractivity contribution in [1.82, 2.24) is 0 Å². The molecule has 0 spiro atoms. The Morgan fingerprint density at radius 1 is 1.08 bits per heavy atom. The molecule has 136 valence electrons. The second-order valence-electron chi connectivity index (χ2n) is 6.90. The highest BCUT2D eigenvalue weighted by Crippen LogP contribution is 2.42. The first-order valence-corrected chi connectivity index (χ1v) is 9.30. The number of para-hydroxylation sites is 2. The fourth-order valence-corrected chi connectivity index (χ4v) is 3.93. The largest absolute Gasteiger partial charge is 0.309 e. The van der Waals surface area contributed by atoms with E-state index in [9.17, 15) is 9.59 Å². The molecule has 1 aliphatic heterocycles. The molecule has 1 heterocycles. The molecule has 2 aromatic carbocycles. The zero-order valence-corrected chi connectivity index (χ0v) is 15.7. The molecular formula is C22H26N2O2. The van der Waals surface area contributed by atoms with Crippen LogP contribution in [0, 0.1) is 0 Å². The van der Waals surface area contributed by atoms with Crippen molar-refractivity contribution in [3.63, 3.8) is 0 Å². The van der Waals surface area contributed by atoms with Crippen LogP contribution in [0.25, 0.3) is 0 Å². The molecule has 2 aromatic rings. The Bertz CT molecular complexity index is 788. The van der Waals surface area contributed by atoms with Gasteiger partial charge in [0.1, 0.15) is 0 Å². The van der Waals surface area contributed by atoms with Gasteiger partial charge in [0.15, 0.2) is 0 Å². The minimum atomic E-state index is -0.0711. The Labute approximate surface area is 155 Å². The average Bonchev–Trinajstić information content (AvgIpc) is 2.62. The monoisotopic (exact) mass is 350 g/mol. The third-order valence-electron chi connectivity index (χ3n) is 4.98. The molecule has 4 nitrogen and oxygen atoms in total. The Morgan fingerprint density at radius 2 is 1.73 bits per heavy atom. The van der Waals surface area contributed by atoms with Crippen LogP contribution in [-0.4, -0.2) is 17.9 Å². The minimum absolute atomic E-state index is 0.0352. The van der Waals surface area contributed by atoms with Gasteiger partial charge in [0.05, 0.1) is 6.04 Å². The SMILES string of the molecule is CCCC(=O)N(c1ccccc1)[C@@H]1C[C@H](C)N(C(C)=O)c2ccccc21. The number of nitrogens with zero attached hydrogens (tertiary/aromatic N) is 2. The highest BCUT2D eigenvalue weighted by Gasteiger charge is 2.37. The van der Waals surface area contributed by atoms with E-state index in [0.29, 0.717) is 6.42 Å². The van der Waals surface area contributed by atoms with E-state index in [1.165, 1.54) is 0 Å². The molecule has 26 heavy (non-hydrogen) atoms. The number of hydrogen-bond donors (Lipinski definition) is 0. The number of carbonyl (C=O) groups is 2. The maximum absolute atomic E-state index is 13.0. The van der Waals surface area contributed by atoms with Crippen LogP contribution in [0.5, 0.6) is 0 Å². The molecular weight excluding hydrogens is 324 g/mol. The highest BCUT2D eigenvalue weighted by molar-refractivity contribution is 5.97. The third-order valence-corrected chi connectivity index (χ3v) is 4.98. The van der Waals surface area contributed by atoms with Gasteiger partial charge in [0, 0.05) is 30.8 Å². The summed E-state index contributed by atoms with van der Waals surface area (Å²) < 4.78 is 0. The van der Waals surface area contributed by atoms with Crippen molar-refractivity contribution in [1.29, 1.82) is 0 Å². The number of anilines is 2. The predicted molar refractivity (Wildman–Crippen MR) is 105 cm³/mol. The van der Waals surface area contributed by atoms with Crippen molar-refractivity contribution in [2.45, 2.75) is 52.1 Å². The number of rotatable bonds is 4. The lowest BCUT2D eigenvalue weighted by molar-refractivity contribution is -0.119. The van der Waals surface area contributed by atoms with E-state index in [1.54, 1.807) is 6.92 Å². The number of benzene rings is 2. The van der Waals surface area contributed by atoms with Crippen LogP contribution in [0.2, 0.25) is 0 Å². The zero-order chi connectivity index (χ0) is 18.7. The molecule has 0 N–H and O–H groups in total. The van der Waals surface area contributed by atoms with Crippen molar-refractivity contribution in [2.75, 3.05) is 9.80 Å². The van der Waals surface area contributed by atoms with Crippen LogP contribution in [0.3, 0.4) is 0 Å². The lowest BCUT2D eigenvalue weighted by Crippen LogP contribution is -2.47. The molecule has 0 radical (unpaired) electrons. The van der Waals surface area contributed by atoms with Crippen molar-refractivity contribution < 1.29 is 9.59 Å². The van der Waals surface area contributed by atoms with Crippen LogP contribution in [0.15, 0.2) is 54.6 Å². The van der Waals surface area contributed by atoms with Gasteiger partial charge in [0.2, 0.25) is 11.8 Å². The summed E-state index contributed by atoms with van der Waals surface area (Å²) in [5.74, 6) is 0.163. The van der Waals surface area contributed by atoms with Gasteiger partial charge in [-0.05, 0) is 43.5 Å². The van der Waals surface area contributed by atoms with Crippen LogP contribution in [-0.2, 0) is 9.59 Å². The summed E-state index contributed by atoms with van der Waals surface area (Å²) in [6, 6.07) is 17.8. The fraction of sp³-hybridized carbons (Fsp3) is 0.364. The van der Waals surface area contributed by atoms with E-state index in [2.05, 4.69) is 6.92 Å². The summed E-state index contributed by atoms with van der Waals surface area (Å²) in [6.07, 6.45) is 2.05. The summed E-state index contributed by atoms with van der Waals surface area (Å²) in [4.78, 5) is 29.0. The summed E-state index contributed by atoms with van der Waals surface area (Å²) >= 11 is 0. The zero-order valence-electron chi connectivity index (χ0n) is 15.7. The first-order chi connectivity index (χ1) is 12.5. The molecule has 4 heteroatoms. The predicted octanol–water partition coefficient (Wildman–Crippen LogP) is 4.71. The lowest BCUT2D eigenvalue weighted by Gasteiger charge is -2.43. The molecule has 0 aliphatic carbocycles. The Kier molecular flexibility index (Phi) is 5.40. The molecule has 1 aliphatic rings. The quantitative estimate of drug-likeness (QED) is 0.801. The van der Waals surface area contributed by atoms with Crippen LogP contribution < -0.4 is 9.80 Å². The Hall–Kier alpha value is -2.62. The van der Waals surface area contributed by atoms with Crippen LogP contribution in [0.4, 0.5) is 11.4 Å². The molecule has 2 atom stereocenters. The minimum Gasteiger partial charge on any atom is -0.309 e. The maximum atomic E-state index is 13.0. The number of hydrogen-bond acceptors (Lipinski definition) is 2. The van der Waals surface area contributed by atoms with E-state index < -0.39 is 0 Å². The van der Waals surface area contributed by atoms with Gasteiger partial charge in [-0.1, -0.05) is 43.3 Å². The number of amides is 2. The molecule has 2 amide bonds. The van der Waals surface area contributed by atoms with Crippen molar-refractivity contribution in [2.24, 2.45) is 0 Å². The van der Waals surface area contributed by atoms with E-state index in [4.69, 9.17) is 0 Å². The topological polar surface area (TPSA) is 40.6 Å². The molecule has 0 fully saturated rings. The Balaban J connectivity index is 2.11. The first kappa shape index (κ1) is 18.2. The smallest absolute Gasteiger partial charge is 0.227 e. The molecule has 0 saturated heterocycles. The van der Waals surface area contributed by atoms with Crippen LogP contribution >= 0.6 is 0 Å². The van der Waals surface area contributed by atoms with Gasteiger partial charge < -0.3 is 9.80 Å². The van der Waals surface area contributed by atoms with Crippen molar-refractivity contribution in [3.8, 4) is 0 Å². The lowest BCUT2D eigenvalue weighted by atomic mass is 9.89. The second kappa shape index (κ2) is 7.73. The molecule has 0 bridgehead atoms. The summed E-state index contributed by atoms with van der Waals surface area (Å²) in [7, 11) is 0. The highest BCUT2D eigenvalue weighted by atomic mass is 16.2. The van der Waals surface area contributed by atoms with Gasteiger partial charge in [-0.2, -0.15) is 0 Å². The molecule has 0 unspecified atom stereocenters. The average molecular weight is 350 g/mol. The summed E-state index contributed by atoms with van der Waals surface area (Å²) in [5, 5.41) is 0. The normalized spacial score (nSPS) is 19.0. The maximum Gasteiger partial charge on any atom is 0.227 e. The summed E-state index contributed by atoms with van der Waals surface area (Å²) in [6.45, 7) is 5.68. The van der Waals surface area contributed by atoms with Crippen LogP contribution in [0.1, 0.15) is 51.6 Å². The van der Waals surface area contributed by atoms with Crippen molar-refractivity contribution in [3.05, 3.63) is 60.2 Å². The van der Waals surface area contributed by atoms with Gasteiger partial charge in [-0.15, -0.1) is 0 Å². The van der Waals surface area contributed by atoms with E-state index >= 15 is 0 Å². The molecule has 0 aromatic heterocycles. The first-order valence-electron chi connectivity index (χ1n) is 9.30. The van der Waals surface area contributed by atoms with Gasteiger partial charge in [-0.3, -0.25) is 9.59 Å². The second-order valence-corrected chi connectivity index (χ2v) is 6.90. The van der Waals surface area contributed by atoms with E-state index in [1.807, 2.05) is 71.3 Å². The third kappa shape index (κ3) is 3.36. The van der Waals surface area contributed by atoms with E-state index in [0.717, 1.165) is 29.8 Å². The van der Waals surface area contributed by atoms with Gasteiger partial charge in [0.25, 0.3) is 0 Å². The number of carbonyl (C=O) groups excluding carboxylic acids is 2. The van der Waals surface area contributed by atoms with E-state index in [-0.39, 0.29) is 23.9 Å². The van der Waals surface area contributed by atoms with Gasteiger partial charge >= 0.3 is 0 Å².